The van der Waals surface area contributed by atoms with Crippen LogP contribution in [-0.2, 0) is 6.42 Å². The van der Waals surface area contributed by atoms with Gasteiger partial charge in [0.25, 0.3) is 0 Å². The van der Waals surface area contributed by atoms with E-state index in [9.17, 15) is 0 Å². The number of aryl methyl sites for hydroxylation is 2. The van der Waals surface area contributed by atoms with Gasteiger partial charge in [0.2, 0.25) is 0 Å². The highest BCUT2D eigenvalue weighted by molar-refractivity contribution is 9.10. The van der Waals surface area contributed by atoms with Crippen molar-refractivity contribution in [1.29, 1.82) is 0 Å². The summed E-state index contributed by atoms with van der Waals surface area (Å²) in [5.41, 5.74) is 11.6. The molecular formula is C31H27Br2N. The number of hydrogen-bond acceptors (Lipinski definition) is 1. The molecule has 0 spiro atoms. The Morgan fingerprint density at radius 3 is 1.94 bits per heavy atom. The van der Waals surface area contributed by atoms with E-state index in [4.69, 9.17) is 0 Å². The lowest BCUT2D eigenvalue weighted by Crippen LogP contribution is -2.10. The second kappa shape index (κ2) is 9.93. The van der Waals surface area contributed by atoms with Gasteiger partial charge in [-0.1, -0.05) is 68.6 Å². The summed E-state index contributed by atoms with van der Waals surface area (Å²) < 4.78 is 2.15. The lowest BCUT2D eigenvalue weighted by molar-refractivity contribution is 0.876. The minimum absolute atomic E-state index is 1.07. The highest BCUT2D eigenvalue weighted by atomic mass is 79.9. The summed E-state index contributed by atoms with van der Waals surface area (Å²) in [6.07, 6.45) is 5.87. The molecule has 4 aromatic carbocycles. The molecule has 0 fully saturated rings. The van der Waals surface area contributed by atoms with E-state index in [0.717, 1.165) is 38.8 Å². The highest BCUT2D eigenvalue weighted by Gasteiger charge is 2.16. The van der Waals surface area contributed by atoms with E-state index >= 15 is 0 Å². The molecule has 0 amide bonds. The van der Waals surface area contributed by atoms with Crippen LogP contribution in [0.4, 0.5) is 17.1 Å². The zero-order valence-electron chi connectivity index (χ0n) is 19.5. The number of fused-ring (bicyclic) bond motifs is 1. The van der Waals surface area contributed by atoms with Gasteiger partial charge in [-0.15, -0.1) is 0 Å². The van der Waals surface area contributed by atoms with Crippen molar-refractivity contribution < 1.29 is 0 Å². The van der Waals surface area contributed by atoms with Crippen LogP contribution < -0.4 is 4.90 Å². The molecular weight excluding hydrogens is 546 g/mol. The summed E-state index contributed by atoms with van der Waals surface area (Å²) in [5.74, 6) is 0. The maximum Gasteiger partial charge on any atom is 0.0467 e. The minimum atomic E-state index is 1.07. The first kappa shape index (κ1) is 23.1. The second-order valence-corrected chi connectivity index (χ2v) is 10.7. The van der Waals surface area contributed by atoms with E-state index < -0.39 is 0 Å². The van der Waals surface area contributed by atoms with Gasteiger partial charge < -0.3 is 4.90 Å². The molecule has 0 aromatic heterocycles. The van der Waals surface area contributed by atoms with Crippen molar-refractivity contribution in [2.45, 2.75) is 33.1 Å². The lowest BCUT2D eigenvalue weighted by Gasteiger charge is -2.27. The van der Waals surface area contributed by atoms with Gasteiger partial charge in [-0.25, -0.2) is 0 Å². The average molecular weight is 573 g/mol. The number of benzene rings is 4. The predicted molar refractivity (Wildman–Crippen MR) is 153 cm³/mol. The molecule has 3 heteroatoms. The molecule has 34 heavy (non-hydrogen) atoms. The number of halogens is 2. The summed E-state index contributed by atoms with van der Waals surface area (Å²) in [5, 5.41) is 0. The Morgan fingerprint density at radius 1 is 0.706 bits per heavy atom. The van der Waals surface area contributed by atoms with Crippen molar-refractivity contribution in [1.82, 2.24) is 0 Å². The molecule has 1 aliphatic carbocycles. The lowest BCUT2D eigenvalue weighted by atomic mass is 9.88. The highest BCUT2D eigenvalue weighted by Crippen LogP contribution is 2.39. The van der Waals surface area contributed by atoms with Gasteiger partial charge in [0.15, 0.2) is 0 Å². The number of allylic oxidation sites excluding steroid dienone is 1. The Bertz CT molecular complexity index is 1310. The molecule has 0 saturated carbocycles. The summed E-state index contributed by atoms with van der Waals surface area (Å²) in [7, 11) is 0. The minimum Gasteiger partial charge on any atom is -0.310 e. The smallest absolute Gasteiger partial charge is 0.0467 e. The molecule has 0 saturated heterocycles. The van der Waals surface area contributed by atoms with Crippen LogP contribution in [-0.4, -0.2) is 0 Å². The van der Waals surface area contributed by atoms with Crippen molar-refractivity contribution in [3.8, 4) is 11.1 Å². The van der Waals surface area contributed by atoms with Gasteiger partial charge in [0.1, 0.15) is 0 Å². The predicted octanol–water partition coefficient (Wildman–Crippen LogP) is 10.4. The van der Waals surface area contributed by atoms with Crippen molar-refractivity contribution in [3.63, 3.8) is 0 Å². The molecule has 170 valence electrons. The molecule has 0 atom stereocenters. The first-order valence-electron chi connectivity index (χ1n) is 11.8. The van der Waals surface area contributed by atoms with Crippen LogP contribution in [0.3, 0.4) is 0 Å². The van der Waals surface area contributed by atoms with E-state index in [1.165, 1.54) is 34.2 Å². The Morgan fingerprint density at radius 2 is 1.32 bits per heavy atom. The zero-order valence-corrected chi connectivity index (χ0v) is 22.7. The largest absolute Gasteiger partial charge is 0.310 e. The van der Waals surface area contributed by atoms with Crippen LogP contribution in [0.1, 0.15) is 36.5 Å². The SMILES string of the molecule is CCC1=Cc2cc(-c3cc(N(c4ccc(Br)cc4)c4ccc(Br)cc4)ccc3C)ccc2CC1. The molecule has 0 aliphatic heterocycles. The summed E-state index contributed by atoms with van der Waals surface area (Å²) >= 11 is 7.16. The second-order valence-electron chi connectivity index (χ2n) is 8.86. The van der Waals surface area contributed by atoms with E-state index in [0.29, 0.717) is 0 Å². The number of rotatable bonds is 5. The van der Waals surface area contributed by atoms with Gasteiger partial charge in [-0.05, 0) is 121 Å². The van der Waals surface area contributed by atoms with E-state index in [2.05, 4.69) is 142 Å². The number of nitrogens with zero attached hydrogens (tertiary/aromatic N) is 1. The van der Waals surface area contributed by atoms with Crippen LogP contribution in [0.15, 0.2) is 99.4 Å². The Kier molecular flexibility index (Phi) is 6.76. The van der Waals surface area contributed by atoms with Crippen LogP contribution in [0.25, 0.3) is 17.2 Å². The fourth-order valence-electron chi connectivity index (χ4n) is 4.68. The fraction of sp³-hybridized carbons (Fsp3) is 0.161. The third kappa shape index (κ3) is 4.78. The zero-order chi connectivity index (χ0) is 23.7. The maximum atomic E-state index is 3.58. The van der Waals surface area contributed by atoms with Crippen LogP contribution >= 0.6 is 31.9 Å². The van der Waals surface area contributed by atoms with Gasteiger partial charge in [-0.3, -0.25) is 0 Å². The Balaban J connectivity index is 1.62. The third-order valence-electron chi connectivity index (χ3n) is 6.64. The van der Waals surface area contributed by atoms with E-state index in [1.807, 2.05) is 0 Å². The Labute approximate surface area is 219 Å². The molecule has 0 unspecified atom stereocenters. The standard InChI is InChI=1S/C31H27Br2N/c1-3-22-5-6-23-7-8-24(19-25(23)18-22)31-20-30(13-4-21(31)2)34(28-14-9-26(32)10-15-28)29-16-11-27(33)12-17-29/h4,7-20H,3,5-6H2,1-2H3. The normalized spacial score (nSPS) is 12.8. The summed E-state index contributed by atoms with van der Waals surface area (Å²) in [4.78, 5) is 2.31. The van der Waals surface area contributed by atoms with Crippen molar-refractivity contribution in [2.24, 2.45) is 0 Å². The average Bonchev–Trinajstić information content (AvgIpc) is 2.86. The molecule has 4 aromatic rings. The molecule has 0 radical (unpaired) electrons. The van der Waals surface area contributed by atoms with Crippen LogP contribution in [0.5, 0.6) is 0 Å². The fourth-order valence-corrected chi connectivity index (χ4v) is 5.21. The molecule has 5 rings (SSSR count). The van der Waals surface area contributed by atoms with Crippen molar-refractivity contribution >= 4 is 55.0 Å². The van der Waals surface area contributed by atoms with Gasteiger partial charge in [-0.2, -0.15) is 0 Å². The summed E-state index contributed by atoms with van der Waals surface area (Å²) in [6, 6.07) is 30.8. The summed E-state index contributed by atoms with van der Waals surface area (Å²) in [6.45, 7) is 4.46. The Hall–Kier alpha value is -2.62. The van der Waals surface area contributed by atoms with Crippen molar-refractivity contribution in [3.05, 3.63) is 116 Å². The van der Waals surface area contributed by atoms with Gasteiger partial charge in [0.05, 0.1) is 0 Å². The molecule has 0 N–H and O–H groups in total. The van der Waals surface area contributed by atoms with E-state index in [1.54, 1.807) is 5.57 Å². The number of anilines is 3. The van der Waals surface area contributed by atoms with Crippen LogP contribution in [0, 0.1) is 6.92 Å². The molecule has 0 heterocycles. The van der Waals surface area contributed by atoms with Gasteiger partial charge >= 0.3 is 0 Å². The third-order valence-corrected chi connectivity index (χ3v) is 7.69. The number of hydrogen-bond donors (Lipinski definition) is 0. The first-order valence-corrected chi connectivity index (χ1v) is 13.3. The maximum absolute atomic E-state index is 3.58. The first-order chi connectivity index (χ1) is 16.5. The van der Waals surface area contributed by atoms with Gasteiger partial charge in [0, 0.05) is 26.0 Å². The molecule has 1 aliphatic rings. The molecule has 0 bridgehead atoms. The molecule has 1 nitrogen and oxygen atoms in total. The van der Waals surface area contributed by atoms with Crippen molar-refractivity contribution in [2.75, 3.05) is 4.90 Å². The topological polar surface area (TPSA) is 3.24 Å². The quantitative estimate of drug-likeness (QED) is 0.230. The van der Waals surface area contributed by atoms with E-state index in [-0.39, 0.29) is 0 Å². The van der Waals surface area contributed by atoms with Crippen LogP contribution in [0.2, 0.25) is 0 Å². The monoisotopic (exact) mass is 571 g/mol.